The Labute approximate surface area is 105 Å². The predicted octanol–water partition coefficient (Wildman–Crippen LogP) is 2.87. The number of pyridine rings is 1. The summed E-state index contributed by atoms with van der Waals surface area (Å²) in [5, 5.41) is 0.669. The highest BCUT2D eigenvalue weighted by molar-refractivity contribution is 6.33. The number of nitrogens with zero attached hydrogens (tertiary/aromatic N) is 1. The summed E-state index contributed by atoms with van der Waals surface area (Å²) in [6, 6.07) is 7.67. The Kier molecular flexibility index (Phi) is 3.61. The van der Waals surface area contributed by atoms with Crippen LogP contribution in [0.15, 0.2) is 36.7 Å². The summed E-state index contributed by atoms with van der Waals surface area (Å²) < 4.78 is 5.14. The molecule has 2 aromatic rings. The van der Waals surface area contributed by atoms with Crippen molar-refractivity contribution in [1.29, 1.82) is 0 Å². The van der Waals surface area contributed by atoms with Crippen LogP contribution in [0.25, 0.3) is 11.1 Å². The standard InChI is InChI=1S/C13H13ClN2O/c1-17-11-5-10(7-16-8-11)12-3-2-9(6-15)4-13(12)14/h2-5,7-8H,6,15H2,1H3. The molecule has 0 aliphatic rings. The van der Waals surface area contributed by atoms with Crippen molar-refractivity contribution in [1.82, 2.24) is 4.98 Å². The first-order chi connectivity index (χ1) is 8.24. The van der Waals surface area contributed by atoms with Crippen molar-refractivity contribution in [2.75, 3.05) is 7.11 Å². The molecule has 0 bridgehead atoms. The molecule has 2 rings (SSSR count). The molecule has 4 heteroatoms. The summed E-state index contributed by atoms with van der Waals surface area (Å²) in [5.74, 6) is 0.710. The van der Waals surface area contributed by atoms with Gasteiger partial charge in [0.15, 0.2) is 0 Å². The lowest BCUT2D eigenvalue weighted by Gasteiger charge is -2.07. The van der Waals surface area contributed by atoms with Gasteiger partial charge in [-0.25, -0.2) is 0 Å². The van der Waals surface area contributed by atoms with Gasteiger partial charge in [-0.15, -0.1) is 0 Å². The van der Waals surface area contributed by atoms with Crippen molar-refractivity contribution in [3.8, 4) is 16.9 Å². The molecule has 0 saturated carbocycles. The fourth-order valence-corrected chi connectivity index (χ4v) is 1.91. The molecule has 2 N–H and O–H groups in total. The van der Waals surface area contributed by atoms with Crippen LogP contribution in [0.2, 0.25) is 5.02 Å². The fraction of sp³-hybridized carbons (Fsp3) is 0.154. The second kappa shape index (κ2) is 5.17. The lowest BCUT2D eigenvalue weighted by Crippen LogP contribution is -1.96. The zero-order valence-electron chi connectivity index (χ0n) is 9.48. The van der Waals surface area contributed by atoms with Gasteiger partial charge in [-0.2, -0.15) is 0 Å². The number of nitrogens with two attached hydrogens (primary N) is 1. The number of hydrogen-bond acceptors (Lipinski definition) is 3. The van der Waals surface area contributed by atoms with Crippen LogP contribution < -0.4 is 10.5 Å². The first-order valence-corrected chi connectivity index (χ1v) is 5.60. The summed E-state index contributed by atoms with van der Waals surface area (Å²) in [5.41, 5.74) is 8.43. The minimum absolute atomic E-state index is 0.483. The summed E-state index contributed by atoms with van der Waals surface area (Å²) in [6.07, 6.45) is 3.41. The lowest BCUT2D eigenvalue weighted by atomic mass is 10.1. The van der Waals surface area contributed by atoms with Crippen LogP contribution in [-0.4, -0.2) is 12.1 Å². The smallest absolute Gasteiger partial charge is 0.137 e. The van der Waals surface area contributed by atoms with Crippen molar-refractivity contribution in [2.24, 2.45) is 5.73 Å². The van der Waals surface area contributed by atoms with E-state index >= 15 is 0 Å². The minimum atomic E-state index is 0.483. The van der Waals surface area contributed by atoms with Crippen molar-refractivity contribution < 1.29 is 4.74 Å². The van der Waals surface area contributed by atoms with Gasteiger partial charge in [0.2, 0.25) is 0 Å². The van der Waals surface area contributed by atoms with E-state index in [-0.39, 0.29) is 0 Å². The lowest BCUT2D eigenvalue weighted by molar-refractivity contribution is 0.413. The summed E-state index contributed by atoms with van der Waals surface area (Å²) in [7, 11) is 1.61. The Hall–Kier alpha value is -1.58. The Morgan fingerprint density at radius 2 is 2.12 bits per heavy atom. The largest absolute Gasteiger partial charge is 0.495 e. The quantitative estimate of drug-likeness (QED) is 0.909. The highest BCUT2D eigenvalue weighted by Crippen LogP contribution is 2.30. The first kappa shape index (κ1) is 11.9. The van der Waals surface area contributed by atoms with Crippen molar-refractivity contribution in [3.05, 3.63) is 47.2 Å². The molecule has 17 heavy (non-hydrogen) atoms. The molecule has 3 nitrogen and oxygen atoms in total. The molecule has 0 atom stereocenters. The SMILES string of the molecule is COc1cncc(-c2ccc(CN)cc2Cl)c1. The third kappa shape index (κ3) is 2.57. The molecule has 0 saturated heterocycles. The van der Waals surface area contributed by atoms with Crippen LogP contribution in [0.3, 0.4) is 0 Å². The zero-order chi connectivity index (χ0) is 12.3. The number of hydrogen-bond donors (Lipinski definition) is 1. The number of rotatable bonds is 3. The average Bonchev–Trinajstić information content (AvgIpc) is 2.38. The number of halogens is 1. The Bertz CT molecular complexity index is 529. The molecule has 1 aromatic heterocycles. The molecule has 0 aliphatic heterocycles. The second-order valence-electron chi connectivity index (χ2n) is 3.63. The molecule has 0 amide bonds. The third-order valence-electron chi connectivity index (χ3n) is 2.53. The Balaban J connectivity index is 2.45. The van der Waals surface area contributed by atoms with Gasteiger partial charge in [0.05, 0.1) is 13.3 Å². The number of aromatic nitrogens is 1. The molecule has 88 valence electrons. The van der Waals surface area contributed by atoms with Gasteiger partial charge >= 0.3 is 0 Å². The van der Waals surface area contributed by atoms with E-state index in [0.717, 1.165) is 16.7 Å². The van der Waals surface area contributed by atoms with Gasteiger partial charge in [-0.3, -0.25) is 4.98 Å². The molecule has 1 heterocycles. The molecule has 0 radical (unpaired) electrons. The van der Waals surface area contributed by atoms with Gasteiger partial charge in [-0.05, 0) is 17.7 Å². The monoisotopic (exact) mass is 248 g/mol. The number of ether oxygens (including phenoxy) is 1. The maximum atomic E-state index is 6.21. The minimum Gasteiger partial charge on any atom is -0.495 e. The highest BCUT2D eigenvalue weighted by atomic mass is 35.5. The molecule has 1 aromatic carbocycles. The zero-order valence-corrected chi connectivity index (χ0v) is 10.2. The molecule has 0 unspecified atom stereocenters. The number of methoxy groups -OCH3 is 1. The van der Waals surface area contributed by atoms with Gasteiger partial charge < -0.3 is 10.5 Å². The summed E-state index contributed by atoms with van der Waals surface area (Å²) in [4.78, 5) is 4.11. The van der Waals surface area contributed by atoms with Crippen molar-refractivity contribution in [3.63, 3.8) is 0 Å². The van der Waals surface area contributed by atoms with Crippen molar-refractivity contribution >= 4 is 11.6 Å². The second-order valence-corrected chi connectivity index (χ2v) is 4.04. The molecular weight excluding hydrogens is 236 g/mol. The maximum Gasteiger partial charge on any atom is 0.137 e. The predicted molar refractivity (Wildman–Crippen MR) is 69.1 cm³/mol. The van der Waals surface area contributed by atoms with E-state index in [0.29, 0.717) is 17.3 Å². The van der Waals surface area contributed by atoms with Crippen LogP contribution in [0.5, 0.6) is 5.75 Å². The van der Waals surface area contributed by atoms with E-state index in [1.165, 1.54) is 0 Å². The van der Waals surface area contributed by atoms with E-state index in [1.807, 2.05) is 24.3 Å². The van der Waals surface area contributed by atoms with E-state index in [9.17, 15) is 0 Å². The van der Waals surface area contributed by atoms with E-state index in [2.05, 4.69) is 4.98 Å². The average molecular weight is 249 g/mol. The van der Waals surface area contributed by atoms with Crippen LogP contribution in [0.4, 0.5) is 0 Å². The molecule has 0 aliphatic carbocycles. The number of benzene rings is 1. The van der Waals surface area contributed by atoms with Crippen LogP contribution in [0, 0.1) is 0 Å². The molecule has 0 spiro atoms. The van der Waals surface area contributed by atoms with Gasteiger partial charge in [0, 0.05) is 28.9 Å². The topological polar surface area (TPSA) is 48.1 Å². The maximum absolute atomic E-state index is 6.21. The molecular formula is C13H13ClN2O. The van der Waals surface area contributed by atoms with E-state index in [4.69, 9.17) is 22.1 Å². The van der Waals surface area contributed by atoms with E-state index < -0.39 is 0 Å². The van der Waals surface area contributed by atoms with Crippen LogP contribution >= 0.6 is 11.6 Å². The van der Waals surface area contributed by atoms with Gasteiger partial charge in [-0.1, -0.05) is 23.7 Å². The first-order valence-electron chi connectivity index (χ1n) is 5.22. The molecule has 0 fully saturated rings. The normalized spacial score (nSPS) is 10.3. The van der Waals surface area contributed by atoms with Gasteiger partial charge in [0.1, 0.15) is 5.75 Å². The third-order valence-corrected chi connectivity index (χ3v) is 2.84. The van der Waals surface area contributed by atoms with Crippen LogP contribution in [-0.2, 0) is 6.54 Å². The van der Waals surface area contributed by atoms with Crippen LogP contribution in [0.1, 0.15) is 5.56 Å². The fourth-order valence-electron chi connectivity index (χ4n) is 1.60. The summed E-state index contributed by atoms with van der Waals surface area (Å²) >= 11 is 6.21. The Morgan fingerprint density at radius 3 is 2.76 bits per heavy atom. The van der Waals surface area contributed by atoms with E-state index in [1.54, 1.807) is 19.5 Å². The summed E-state index contributed by atoms with van der Waals surface area (Å²) in [6.45, 7) is 0.483. The van der Waals surface area contributed by atoms with Crippen molar-refractivity contribution in [2.45, 2.75) is 6.54 Å². The van der Waals surface area contributed by atoms with Gasteiger partial charge in [0.25, 0.3) is 0 Å². The highest BCUT2D eigenvalue weighted by Gasteiger charge is 2.05. The Morgan fingerprint density at radius 1 is 1.29 bits per heavy atom.